The maximum absolute atomic E-state index is 12.3. The van der Waals surface area contributed by atoms with Crippen LogP contribution in [0.3, 0.4) is 0 Å². The number of hydrogen-bond acceptors (Lipinski definition) is 4. The second kappa shape index (κ2) is 8.19. The number of carbonyl (C=O) groups excluding carboxylic acids is 1. The summed E-state index contributed by atoms with van der Waals surface area (Å²) in [6.07, 6.45) is 6.10. The number of carbonyl (C=O) groups is 1. The van der Waals surface area contributed by atoms with Crippen LogP contribution in [-0.4, -0.2) is 31.6 Å². The van der Waals surface area contributed by atoms with Gasteiger partial charge in [-0.2, -0.15) is 0 Å². The summed E-state index contributed by atoms with van der Waals surface area (Å²) >= 11 is 1.72. The number of aromatic nitrogens is 3. The van der Waals surface area contributed by atoms with Gasteiger partial charge in [0.15, 0.2) is 5.65 Å². The van der Waals surface area contributed by atoms with Crippen LogP contribution in [-0.2, 0) is 0 Å². The fourth-order valence-corrected chi connectivity index (χ4v) is 4.37. The van der Waals surface area contributed by atoms with Crippen LogP contribution in [0.25, 0.3) is 28.2 Å². The highest BCUT2D eigenvalue weighted by Gasteiger charge is 2.23. The summed E-state index contributed by atoms with van der Waals surface area (Å²) in [5.74, 6) is -0.00150. The number of benzene rings is 2. The van der Waals surface area contributed by atoms with Crippen LogP contribution < -0.4 is 5.32 Å². The van der Waals surface area contributed by atoms with Gasteiger partial charge >= 0.3 is 0 Å². The minimum Gasteiger partial charge on any atom is -0.349 e. The molecule has 0 aliphatic heterocycles. The third-order valence-electron chi connectivity index (χ3n) is 5.23. The molecular formula is C25H24N4OS. The minimum absolute atomic E-state index is 0.00150. The Morgan fingerprint density at radius 3 is 2.48 bits per heavy atom. The Morgan fingerprint density at radius 1 is 1.06 bits per heavy atom. The summed E-state index contributed by atoms with van der Waals surface area (Å²) in [4.78, 5) is 21.9. The van der Waals surface area contributed by atoms with Crippen molar-refractivity contribution in [3.8, 4) is 22.5 Å². The molecule has 1 aliphatic carbocycles. The zero-order chi connectivity index (χ0) is 21.4. The first-order valence-electron chi connectivity index (χ1n) is 10.6. The van der Waals surface area contributed by atoms with Gasteiger partial charge in [-0.05, 0) is 25.0 Å². The van der Waals surface area contributed by atoms with Gasteiger partial charge in [0.25, 0.3) is 5.91 Å². The van der Waals surface area contributed by atoms with E-state index in [4.69, 9.17) is 4.98 Å². The van der Waals surface area contributed by atoms with Crippen LogP contribution in [0, 0.1) is 0 Å². The van der Waals surface area contributed by atoms with Crippen LogP contribution >= 0.6 is 11.8 Å². The Balaban J connectivity index is 1.56. The van der Waals surface area contributed by atoms with Gasteiger partial charge < -0.3 is 5.32 Å². The molecule has 0 saturated heterocycles. The molecule has 31 heavy (non-hydrogen) atoms. The van der Waals surface area contributed by atoms with E-state index in [9.17, 15) is 4.79 Å². The number of nitrogens with zero attached hydrogens (tertiary/aromatic N) is 3. The smallest absolute Gasteiger partial charge is 0.251 e. The van der Waals surface area contributed by atoms with Crippen molar-refractivity contribution in [1.29, 1.82) is 0 Å². The molecule has 1 saturated carbocycles. The quantitative estimate of drug-likeness (QED) is 0.415. The summed E-state index contributed by atoms with van der Waals surface area (Å²) in [6.45, 7) is 4.32. The molecule has 2 aromatic heterocycles. The van der Waals surface area contributed by atoms with Gasteiger partial charge in [0, 0.05) is 34.2 Å². The largest absolute Gasteiger partial charge is 0.349 e. The molecule has 1 aliphatic rings. The van der Waals surface area contributed by atoms with Crippen molar-refractivity contribution in [2.24, 2.45) is 0 Å². The molecule has 0 bridgehead atoms. The fourth-order valence-electron chi connectivity index (χ4n) is 3.51. The average molecular weight is 429 g/mol. The van der Waals surface area contributed by atoms with Gasteiger partial charge in [-0.1, -0.05) is 68.1 Å². The lowest BCUT2D eigenvalue weighted by Crippen LogP contribution is -2.25. The van der Waals surface area contributed by atoms with Gasteiger partial charge in [-0.15, -0.1) is 0 Å². The van der Waals surface area contributed by atoms with E-state index in [1.54, 1.807) is 11.8 Å². The molecule has 0 spiro atoms. The predicted octanol–water partition coefficient (Wildman–Crippen LogP) is 5.46. The van der Waals surface area contributed by atoms with Crippen LogP contribution in [0.15, 0.2) is 72.0 Å². The highest BCUT2D eigenvalue weighted by atomic mass is 32.2. The Kier molecular flexibility index (Phi) is 5.24. The third-order valence-corrected chi connectivity index (χ3v) is 6.20. The summed E-state index contributed by atoms with van der Waals surface area (Å²) in [6, 6.07) is 18.3. The van der Waals surface area contributed by atoms with E-state index in [1.165, 1.54) is 0 Å². The Labute approximate surface area is 185 Å². The topological polar surface area (TPSA) is 59.3 Å². The van der Waals surface area contributed by atoms with Gasteiger partial charge in [-0.25, -0.2) is 9.97 Å². The molecular weight excluding hydrogens is 404 g/mol. The minimum atomic E-state index is -0.00150. The lowest BCUT2D eigenvalue weighted by atomic mass is 10.1. The second-order valence-corrected chi connectivity index (χ2v) is 9.69. The van der Waals surface area contributed by atoms with E-state index < -0.39 is 0 Å². The van der Waals surface area contributed by atoms with Gasteiger partial charge in [0.1, 0.15) is 5.03 Å². The molecule has 2 heterocycles. The van der Waals surface area contributed by atoms with Crippen molar-refractivity contribution in [2.75, 3.05) is 0 Å². The molecule has 5 rings (SSSR count). The molecule has 0 radical (unpaired) electrons. The molecule has 5 nitrogen and oxygen atoms in total. The number of imidazole rings is 1. The number of hydrogen-bond donors (Lipinski definition) is 1. The fraction of sp³-hybridized carbons (Fsp3) is 0.240. The molecule has 0 unspecified atom stereocenters. The number of rotatable bonds is 6. The zero-order valence-corrected chi connectivity index (χ0v) is 18.4. The summed E-state index contributed by atoms with van der Waals surface area (Å²) in [7, 11) is 0. The van der Waals surface area contributed by atoms with E-state index in [0.29, 0.717) is 16.9 Å². The number of amides is 1. The van der Waals surface area contributed by atoms with Crippen molar-refractivity contribution in [2.45, 2.75) is 43.0 Å². The standard InChI is InChI=1S/C25H24N4OS/c1-16(2)31-25-23-26-14-22(29(23)15-21(28-25)17-6-4-3-5-7-17)18-8-10-19(11-9-18)24(30)27-20-12-13-20/h3-11,14-16,20H,12-13H2,1-2H3,(H,27,30). The van der Waals surface area contributed by atoms with E-state index in [0.717, 1.165) is 46.0 Å². The molecule has 156 valence electrons. The monoisotopic (exact) mass is 428 g/mol. The van der Waals surface area contributed by atoms with Crippen molar-refractivity contribution in [3.05, 3.63) is 72.6 Å². The Bertz CT molecular complexity index is 1230. The maximum Gasteiger partial charge on any atom is 0.251 e. The van der Waals surface area contributed by atoms with Gasteiger partial charge in [0.2, 0.25) is 0 Å². The van der Waals surface area contributed by atoms with Crippen molar-refractivity contribution in [1.82, 2.24) is 19.7 Å². The molecule has 6 heteroatoms. The maximum atomic E-state index is 12.3. The normalized spacial score (nSPS) is 13.6. The molecule has 1 fully saturated rings. The van der Waals surface area contributed by atoms with Crippen LogP contribution in [0.5, 0.6) is 0 Å². The Morgan fingerprint density at radius 2 is 1.81 bits per heavy atom. The number of fused-ring (bicyclic) bond motifs is 1. The lowest BCUT2D eigenvalue weighted by molar-refractivity contribution is 0.0951. The van der Waals surface area contributed by atoms with Gasteiger partial charge in [-0.3, -0.25) is 9.20 Å². The van der Waals surface area contributed by atoms with Crippen molar-refractivity contribution in [3.63, 3.8) is 0 Å². The summed E-state index contributed by atoms with van der Waals surface area (Å²) in [5, 5.41) is 4.35. The first kappa shape index (κ1) is 19.8. The van der Waals surface area contributed by atoms with Crippen LogP contribution in [0.1, 0.15) is 37.0 Å². The van der Waals surface area contributed by atoms with Gasteiger partial charge in [0.05, 0.1) is 17.6 Å². The van der Waals surface area contributed by atoms with E-state index in [2.05, 4.69) is 40.7 Å². The molecule has 2 aromatic carbocycles. The molecule has 4 aromatic rings. The first-order chi connectivity index (χ1) is 15.1. The highest BCUT2D eigenvalue weighted by Crippen LogP contribution is 2.31. The first-order valence-corrected chi connectivity index (χ1v) is 11.5. The van der Waals surface area contributed by atoms with E-state index >= 15 is 0 Å². The number of thioether (sulfide) groups is 1. The van der Waals surface area contributed by atoms with Crippen molar-refractivity contribution >= 4 is 23.3 Å². The second-order valence-electron chi connectivity index (χ2n) is 8.13. The molecule has 1 N–H and O–H groups in total. The van der Waals surface area contributed by atoms with E-state index in [-0.39, 0.29) is 5.91 Å². The number of nitrogens with one attached hydrogen (secondary N) is 1. The lowest BCUT2D eigenvalue weighted by Gasteiger charge is -2.11. The highest BCUT2D eigenvalue weighted by molar-refractivity contribution is 8.00. The summed E-state index contributed by atoms with van der Waals surface area (Å²) < 4.78 is 2.11. The SMILES string of the molecule is CC(C)Sc1nc(-c2ccccc2)cn2c(-c3ccc(C(=O)NC4CC4)cc3)cnc12. The third kappa shape index (κ3) is 4.21. The van der Waals surface area contributed by atoms with Crippen molar-refractivity contribution < 1.29 is 4.79 Å². The molecule has 0 atom stereocenters. The Hall–Kier alpha value is -3.12. The zero-order valence-electron chi connectivity index (χ0n) is 17.6. The summed E-state index contributed by atoms with van der Waals surface area (Å²) in [5.41, 5.74) is 5.52. The molecule has 1 amide bonds. The van der Waals surface area contributed by atoms with Crippen LogP contribution in [0.2, 0.25) is 0 Å². The predicted molar refractivity (Wildman–Crippen MR) is 125 cm³/mol. The van der Waals surface area contributed by atoms with Crippen LogP contribution in [0.4, 0.5) is 0 Å². The average Bonchev–Trinajstić information content (AvgIpc) is 3.49. The van der Waals surface area contributed by atoms with E-state index in [1.807, 2.05) is 54.9 Å².